The number of nitrogens with one attached hydrogen (secondary N) is 1. The van der Waals surface area contributed by atoms with Gasteiger partial charge in [-0.3, -0.25) is 4.99 Å². The van der Waals surface area contributed by atoms with Gasteiger partial charge in [-0.1, -0.05) is 17.7 Å². The van der Waals surface area contributed by atoms with E-state index in [2.05, 4.69) is 32.1 Å². The first-order chi connectivity index (χ1) is 17.5. The van der Waals surface area contributed by atoms with Gasteiger partial charge in [0.1, 0.15) is 17.4 Å². The summed E-state index contributed by atoms with van der Waals surface area (Å²) in [7, 11) is 2.10. The molecule has 0 spiro atoms. The second-order valence-electron chi connectivity index (χ2n) is 9.38. The van der Waals surface area contributed by atoms with Crippen LogP contribution in [0.3, 0.4) is 0 Å². The Balaban J connectivity index is 1.30. The lowest BCUT2D eigenvalue weighted by atomic mass is 10.1. The number of piperazine rings is 1. The SMILES string of the molecule is CC1=Cc2c(ccc(Oc3cc(NC4=NCC(c5ccco5)=C4)nc(N4CCN(C)CC4)n3)c2F)C1. The van der Waals surface area contributed by atoms with E-state index >= 15 is 4.39 Å². The monoisotopic (exact) mass is 486 g/mol. The van der Waals surface area contributed by atoms with Gasteiger partial charge in [0.2, 0.25) is 11.8 Å². The molecule has 3 aromatic rings. The van der Waals surface area contributed by atoms with Crippen molar-refractivity contribution >= 4 is 29.3 Å². The molecule has 3 aliphatic rings. The van der Waals surface area contributed by atoms with Gasteiger partial charge in [-0.05, 0) is 50.2 Å². The Bertz CT molecular complexity index is 1390. The first-order valence-corrected chi connectivity index (χ1v) is 12.1. The van der Waals surface area contributed by atoms with E-state index in [4.69, 9.17) is 14.1 Å². The van der Waals surface area contributed by atoms with Crippen LogP contribution >= 0.6 is 0 Å². The Morgan fingerprint density at radius 1 is 1.08 bits per heavy atom. The number of allylic oxidation sites excluding steroid dienone is 1. The highest BCUT2D eigenvalue weighted by Crippen LogP contribution is 2.34. The molecule has 184 valence electrons. The van der Waals surface area contributed by atoms with E-state index in [0.717, 1.165) is 55.1 Å². The molecule has 1 fully saturated rings. The first-order valence-electron chi connectivity index (χ1n) is 12.1. The van der Waals surface area contributed by atoms with Gasteiger partial charge in [0, 0.05) is 43.4 Å². The number of aliphatic imine (C=N–C) groups is 1. The van der Waals surface area contributed by atoms with Crippen LogP contribution in [0.2, 0.25) is 0 Å². The second-order valence-corrected chi connectivity index (χ2v) is 9.38. The summed E-state index contributed by atoms with van der Waals surface area (Å²) in [6, 6.07) is 9.03. The minimum absolute atomic E-state index is 0.145. The third kappa shape index (κ3) is 4.49. The van der Waals surface area contributed by atoms with Gasteiger partial charge in [-0.25, -0.2) is 4.39 Å². The minimum atomic E-state index is -0.371. The lowest BCUT2D eigenvalue weighted by Crippen LogP contribution is -2.45. The Hall–Kier alpha value is -3.98. The molecule has 4 heterocycles. The van der Waals surface area contributed by atoms with Crippen LogP contribution in [0.4, 0.5) is 16.2 Å². The van der Waals surface area contributed by atoms with Crippen molar-refractivity contribution in [1.29, 1.82) is 0 Å². The average molecular weight is 487 g/mol. The molecule has 8 nitrogen and oxygen atoms in total. The van der Waals surface area contributed by atoms with E-state index in [1.54, 1.807) is 18.4 Å². The standard InChI is InChI=1S/C27H27FN6O2/c1-17-12-18-5-6-22(26(28)20(18)13-17)36-25-15-24(31-27(32-25)34-9-7-33(2)8-10-34)30-23-14-19(16-29-23)21-4-3-11-35-21/h3-6,11,13-15H,7-10,12,16H2,1-2H3,(H,29,30,31,32). The van der Waals surface area contributed by atoms with Gasteiger partial charge in [0.25, 0.3) is 0 Å². The van der Waals surface area contributed by atoms with Crippen LogP contribution in [0.5, 0.6) is 11.6 Å². The van der Waals surface area contributed by atoms with E-state index in [9.17, 15) is 0 Å². The molecule has 2 aliphatic heterocycles. The summed E-state index contributed by atoms with van der Waals surface area (Å²) in [6.45, 7) is 5.92. The molecule has 0 atom stereocenters. The summed E-state index contributed by atoms with van der Waals surface area (Å²) in [5.41, 5.74) is 3.67. The quantitative estimate of drug-likeness (QED) is 0.564. The summed E-state index contributed by atoms with van der Waals surface area (Å²) in [5, 5.41) is 3.27. The van der Waals surface area contributed by atoms with Gasteiger partial charge in [0.15, 0.2) is 11.6 Å². The van der Waals surface area contributed by atoms with Crippen LogP contribution in [0, 0.1) is 5.82 Å². The fourth-order valence-corrected chi connectivity index (χ4v) is 4.63. The van der Waals surface area contributed by atoms with E-state index in [0.29, 0.717) is 29.7 Å². The number of aromatic nitrogens is 2. The summed E-state index contributed by atoms with van der Waals surface area (Å²) < 4.78 is 26.8. The number of amidine groups is 1. The zero-order valence-electron chi connectivity index (χ0n) is 20.3. The molecule has 1 N–H and O–H groups in total. The van der Waals surface area contributed by atoms with Gasteiger partial charge >= 0.3 is 0 Å². The number of likely N-dealkylation sites (N-methyl/N-ethyl adjacent to an activating group) is 1. The van der Waals surface area contributed by atoms with Crippen molar-refractivity contribution in [3.05, 3.63) is 70.9 Å². The number of rotatable bonds is 5. The van der Waals surface area contributed by atoms with E-state index in [-0.39, 0.29) is 17.4 Å². The number of ether oxygens (including phenoxy) is 1. The Labute approximate surface area is 208 Å². The van der Waals surface area contributed by atoms with Gasteiger partial charge in [-0.15, -0.1) is 0 Å². The number of halogens is 1. The smallest absolute Gasteiger partial charge is 0.230 e. The highest BCUT2D eigenvalue weighted by molar-refractivity contribution is 6.10. The molecule has 1 saturated heterocycles. The van der Waals surface area contributed by atoms with Crippen LogP contribution in [0.25, 0.3) is 11.6 Å². The molecule has 2 aromatic heterocycles. The minimum Gasteiger partial charge on any atom is -0.465 e. The van der Waals surface area contributed by atoms with Crippen LogP contribution in [0.1, 0.15) is 23.8 Å². The van der Waals surface area contributed by atoms with Crippen molar-refractivity contribution in [3.8, 4) is 11.6 Å². The summed E-state index contributed by atoms with van der Waals surface area (Å²) in [4.78, 5) is 18.3. The van der Waals surface area contributed by atoms with Crippen LogP contribution in [-0.2, 0) is 6.42 Å². The third-order valence-corrected chi connectivity index (χ3v) is 6.61. The highest BCUT2D eigenvalue weighted by atomic mass is 19.1. The summed E-state index contributed by atoms with van der Waals surface area (Å²) in [6.07, 6.45) is 6.22. The van der Waals surface area contributed by atoms with Crippen LogP contribution < -0.4 is 15.0 Å². The van der Waals surface area contributed by atoms with Crippen molar-refractivity contribution in [2.75, 3.05) is 50.0 Å². The van der Waals surface area contributed by atoms with Crippen molar-refractivity contribution in [3.63, 3.8) is 0 Å². The lowest BCUT2D eigenvalue weighted by Gasteiger charge is -2.32. The second kappa shape index (κ2) is 9.23. The van der Waals surface area contributed by atoms with Gasteiger partial charge in [-0.2, -0.15) is 9.97 Å². The summed E-state index contributed by atoms with van der Waals surface area (Å²) in [5.74, 6) is 2.57. The maximum Gasteiger partial charge on any atom is 0.230 e. The van der Waals surface area contributed by atoms with Crippen molar-refractivity contribution in [1.82, 2.24) is 14.9 Å². The van der Waals surface area contributed by atoms with Crippen LogP contribution in [0.15, 0.2) is 57.7 Å². The number of fused-ring (bicyclic) bond motifs is 1. The predicted molar refractivity (Wildman–Crippen MR) is 138 cm³/mol. The zero-order chi connectivity index (χ0) is 24.6. The average Bonchev–Trinajstić information content (AvgIpc) is 3.62. The Morgan fingerprint density at radius 3 is 2.75 bits per heavy atom. The third-order valence-electron chi connectivity index (χ3n) is 6.61. The van der Waals surface area contributed by atoms with Crippen molar-refractivity contribution in [2.24, 2.45) is 4.99 Å². The van der Waals surface area contributed by atoms with Gasteiger partial charge < -0.3 is 24.3 Å². The maximum atomic E-state index is 15.3. The Morgan fingerprint density at radius 2 is 1.94 bits per heavy atom. The van der Waals surface area contributed by atoms with Crippen molar-refractivity contribution in [2.45, 2.75) is 13.3 Å². The fraction of sp³-hybridized carbons (Fsp3) is 0.296. The zero-order valence-corrected chi connectivity index (χ0v) is 20.3. The lowest BCUT2D eigenvalue weighted by molar-refractivity contribution is 0.310. The molecular formula is C27H27FN6O2. The number of anilines is 2. The fourth-order valence-electron chi connectivity index (χ4n) is 4.63. The molecule has 36 heavy (non-hydrogen) atoms. The van der Waals surface area contributed by atoms with Crippen molar-refractivity contribution < 1.29 is 13.5 Å². The first kappa shape index (κ1) is 22.5. The number of hydrogen-bond acceptors (Lipinski definition) is 8. The highest BCUT2D eigenvalue weighted by Gasteiger charge is 2.22. The van der Waals surface area contributed by atoms with E-state index in [1.165, 1.54) is 0 Å². The molecule has 0 bridgehead atoms. The molecule has 1 aromatic carbocycles. The largest absolute Gasteiger partial charge is 0.465 e. The molecule has 0 saturated carbocycles. The van der Waals surface area contributed by atoms with E-state index in [1.807, 2.05) is 37.3 Å². The van der Waals surface area contributed by atoms with Crippen LogP contribution in [-0.4, -0.2) is 60.5 Å². The number of benzene rings is 1. The molecule has 9 heteroatoms. The number of furan rings is 1. The molecule has 1 aliphatic carbocycles. The van der Waals surface area contributed by atoms with Gasteiger partial charge in [0.05, 0.1) is 12.8 Å². The maximum absolute atomic E-state index is 15.3. The predicted octanol–water partition coefficient (Wildman–Crippen LogP) is 4.62. The van der Waals surface area contributed by atoms with E-state index < -0.39 is 0 Å². The number of nitrogens with zero attached hydrogens (tertiary/aromatic N) is 5. The number of hydrogen-bond donors (Lipinski definition) is 1. The normalized spacial score (nSPS) is 17.5. The molecule has 6 rings (SSSR count). The molecular weight excluding hydrogens is 459 g/mol. The molecule has 0 radical (unpaired) electrons. The molecule has 0 unspecified atom stereocenters. The topological polar surface area (TPSA) is 79.0 Å². The Kier molecular flexibility index (Phi) is 5.77. The summed E-state index contributed by atoms with van der Waals surface area (Å²) >= 11 is 0. The molecule has 0 amide bonds.